The maximum absolute atomic E-state index is 13.3. The number of aromatic nitrogens is 2. The largest absolute Gasteiger partial charge is 0.226 e. The first kappa shape index (κ1) is 9.98. The summed E-state index contributed by atoms with van der Waals surface area (Å²) in [7, 11) is 0. The summed E-state index contributed by atoms with van der Waals surface area (Å²) in [6.45, 7) is 0. The van der Waals surface area contributed by atoms with E-state index in [4.69, 9.17) is 11.6 Å². The van der Waals surface area contributed by atoms with Gasteiger partial charge in [0, 0.05) is 23.5 Å². The zero-order valence-electron chi connectivity index (χ0n) is 7.42. The van der Waals surface area contributed by atoms with Crippen molar-refractivity contribution in [3.05, 3.63) is 47.5 Å². The standard InChI is InChI=1S/C10H5ClF2N2/c11-10-14-4-6(5-15-10)7-2-1-3-8(12)9(7)13/h1-5H. The SMILES string of the molecule is Fc1cccc(-c2cnc(Cl)nc2)c1F. The minimum atomic E-state index is -0.913. The van der Waals surface area contributed by atoms with Crippen molar-refractivity contribution in [2.75, 3.05) is 0 Å². The Kier molecular flexibility index (Phi) is 2.60. The van der Waals surface area contributed by atoms with Crippen LogP contribution < -0.4 is 0 Å². The van der Waals surface area contributed by atoms with E-state index in [9.17, 15) is 8.78 Å². The van der Waals surface area contributed by atoms with E-state index in [-0.39, 0.29) is 10.8 Å². The Balaban J connectivity index is 2.54. The highest BCUT2D eigenvalue weighted by Crippen LogP contribution is 2.23. The Hall–Kier alpha value is -1.55. The molecule has 0 saturated carbocycles. The van der Waals surface area contributed by atoms with Gasteiger partial charge in [-0.2, -0.15) is 0 Å². The van der Waals surface area contributed by atoms with Crippen molar-refractivity contribution in [3.8, 4) is 11.1 Å². The highest BCUT2D eigenvalue weighted by atomic mass is 35.5. The van der Waals surface area contributed by atoms with Crippen molar-refractivity contribution < 1.29 is 8.78 Å². The van der Waals surface area contributed by atoms with E-state index >= 15 is 0 Å². The van der Waals surface area contributed by atoms with Crippen molar-refractivity contribution in [2.24, 2.45) is 0 Å². The minimum Gasteiger partial charge on any atom is -0.226 e. The van der Waals surface area contributed by atoms with Crippen LogP contribution in [0.1, 0.15) is 0 Å². The summed E-state index contributed by atoms with van der Waals surface area (Å²) in [6.07, 6.45) is 2.68. The third-order valence-electron chi connectivity index (χ3n) is 1.88. The molecule has 0 aliphatic carbocycles. The van der Waals surface area contributed by atoms with Gasteiger partial charge in [-0.25, -0.2) is 18.7 Å². The van der Waals surface area contributed by atoms with Gasteiger partial charge in [0.25, 0.3) is 0 Å². The van der Waals surface area contributed by atoms with E-state index in [1.165, 1.54) is 24.5 Å². The highest BCUT2D eigenvalue weighted by Gasteiger charge is 2.09. The second-order valence-electron chi connectivity index (χ2n) is 2.84. The molecule has 1 aromatic heterocycles. The smallest absolute Gasteiger partial charge is 0.222 e. The van der Waals surface area contributed by atoms with Gasteiger partial charge in [-0.3, -0.25) is 0 Å². The van der Waals surface area contributed by atoms with Crippen LogP contribution in [0.3, 0.4) is 0 Å². The molecule has 0 aliphatic heterocycles. The van der Waals surface area contributed by atoms with E-state index in [1.54, 1.807) is 0 Å². The third kappa shape index (κ3) is 1.94. The summed E-state index contributed by atoms with van der Waals surface area (Å²) in [4.78, 5) is 7.38. The van der Waals surface area contributed by atoms with E-state index in [2.05, 4.69) is 9.97 Å². The van der Waals surface area contributed by atoms with Gasteiger partial charge in [0.15, 0.2) is 11.6 Å². The summed E-state index contributed by atoms with van der Waals surface area (Å²) in [6, 6.07) is 3.92. The van der Waals surface area contributed by atoms with Gasteiger partial charge in [-0.1, -0.05) is 12.1 Å². The zero-order chi connectivity index (χ0) is 10.8. The van der Waals surface area contributed by atoms with Crippen molar-refractivity contribution in [3.63, 3.8) is 0 Å². The molecule has 76 valence electrons. The molecule has 0 aliphatic rings. The quantitative estimate of drug-likeness (QED) is 0.699. The molecular weight excluding hydrogens is 222 g/mol. The Morgan fingerprint density at radius 2 is 1.73 bits per heavy atom. The average Bonchev–Trinajstić information content (AvgIpc) is 2.24. The second kappa shape index (κ2) is 3.90. The lowest BCUT2D eigenvalue weighted by Crippen LogP contribution is -1.91. The topological polar surface area (TPSA) is 25.8 Å². The van der Waals surface area contributed by atoms with Crippen LogP contribution in [0, 0.1) is 11.6 Å². The molecule has 0 bridgehead atoms. The number of benzene rings is 1. The zero-order valence-corrected chi connectivity index (χ0v) is 8.17. The van der Waals surface area contributed by atoms with Crippen LogP contribution in [0.4, 0.5) is 8.78 Å². The van der Waals surface area contributed by atoms with Crippen LogP contribution in [0.25, 0.3) is 11.1 Å². The minimum absolute atomic E-state index is 0.0653. The van der Waals surface area contributed by atoms with Crippen LogP contribution in [-0.4, -0.2) is 9.97 Å². The fourth-order valence-electron chi connectivity index (χ4n) is 1.18. The van der Waals surface area contributed by atoms with Crippen LogP contribution in [0.15, 0.2) is 30.6 Å². The number of nitrogens with zero attached hydrogens (tertiary/aromatic N) is 2. The molecule has 1 heterocycles. The monoisotopic (exact) mass is 226 g/mol. The molecule has 2 nitrogen and oxygen atoms in total. The van der Waals surface area contributed by atoms with Crippen LogP contribution in [-0.2, 0) is 0 Å². The molecule has 5 heteroatoms. The first-order chi connectivity index (χ1) is 7.18. The fourth-order valence-corrected chi connectivity index (χ4v) is 1.28. The van der Waals surface area contributed by atoms with Crippen molar-refractivity contribution in [2.45, 2.75) is 0 Å². The van der Waals surface area contributed by atoms with E-state index in [0.717, 1.165) is 6.07 Å². The normalized spacial score (nSPS) is 10.3. The Labute approximate surface area is 89.6 Å². The molecule has 2 aromatic rings. The molecule has 0 atom stereocenters. The second-order valence-corrected chi connectivity index (χ2v) is 3.18. The van der Waals surface area contributed by atoms with Crippen molar-refractivity contribution >= 4 is 11.6 Å². The maximum atomic E-state index is 13.3. The summed E-state index contributed by atoms with van der Waals surface area (Å²) < 4.78 is 26.2. The van der Waals surface area contributed by atoms with Crippen molar-refractivity contribution in [1.82, 2.24) is 9.97 Å². The van der Waals surface area contributed by atoms with Crippen LogP contribution >= 0.6 is 11.6 Å². The van der Waals surface area contributed by atoms with Gasteiger partial charge in [0.05, 0.1) is 0 Å². The molecule has 0 amide bonds. The summed E-state index contributed by atoms with van der Waals surface area (Å²) >= 11 is 5.48. The van der Waals surface area contributed by atoms with Gasteiger partial charge >= 0.3 is 0 Å². The first-order valence-corrected chi connectivity index (χ1v) is 4.48. The molecule has 0 fully saturated rings. The van der Waals surface area contributed by atoms with Crippen molar-refractivity contribution in [1.29, 1.82) is 0 Å². The van der Waals surface area contributed by atoms with Gasteiger partial charge in [-0.05, 0) is 17.7 Å². The predicted octanol–water partition coefficient (Wildman–Crippen LogP) is 3.08. The molecule has 15 heavy (non-hydrogen) atoms. The lowest BCUT2D eigenvalue weighted by molar-refractivity contribution is 0.511. The lowest BCUT2D eigenvalue weighted by atomic mass is 10.1. The van der Waals surface area contributed by atoms with Gasteiger partial charge in [-0.15, -0.1) is 0 Å². The number of halogens is 3. The molecule has 0 unspecified atom stereocenters. The molecule has 0 saturated heterocycles. The summed E-state index contributed by atoms with van der Waals surface area (Å²) in [5.41, 5.74) is 0.503. The van der Waals surface area contributed by atoms with Crippen LogP contribution in [0.5, 0.6) is 0 Å². The Bertz CT molecular complexity index is 485. The third-order valence-corrected chi connectivity index (χ3v) is 2.08. The van der Waals surface area contributed by atoms with E-state index in [0.29, 0.717) is 5.56 Å². The molecule has 0 spiro atoms. The predicted molar refractivity (Wildman–Crippen MR) is 52.4 cm³/mol. The summed E-state index contributed by atoms with van der Waals surface area (Å²) in [5.74, 6) is -1.81. The van der Waals surface area contributed by atoms with E-state index < -0.39 is 11.6 Å². The van der Waals surface area contributed by atoms with Gasteiger partial charge in [0.1, 0.15) is 0 Å². The molecule has 2 rings (SSSR count). The van der Waals surface area contributed by atoms with Gasteiger partial charge < -0.3 is 0 Å². The van der Waals surface area contributed by atoms with E-state index in [1.807, 2.05) is 0 Å². The molecule has 1 aromatic carbocycles. The first-order valence-electron chi connectivity index (χ1n) is 4.10. The lowest BCUT2D eigenvalue weighted by Gasteiger charge is -2.02. The van der Waals surface area contributed by atoms with Gasteiger partial charge in [0.2, 0.25) is 5.28 Å². The summed E-state index contributed by atoms with van der Waals surface area (Å²) in [5, 5.41) is 0.0653. The number of hydrogen-bond donors (Lipinski definition) is 0. The average molecular weight is 227 g/mol. The van der Waals surface area contributed by atoms with Crippen LogP contribution in [0.2, 0.25) is 5.28 Å². The molecular formula is C10H5ClF2N2. The fraction of sp³-hybridized carbons (Fsp3) is 0. The molecule has 0 N–H and O–H groups in total. The number of hydrogen-bond acceptors (Lipinski definition) is 2. The highest BCUT2D eigenvalue weighted by molar-refractivity contribution is 6.28. The molecule has 0 radical (unpaired) electrons. The Morgan fingerprint density at radius 3 is 2.40 bits per heavy atom. The number of rotatable bonds is 1. The Morgan fingerprint density at radius 1 is 1.07 bits per heavy atom. The maximum Gasteiger partial charge on any atom is 0.222 e.